The van der Waals surface area contributed by atoms with Crippen LogP contribution in [0.2, 0.25) is 5.15 Å². The van der Waals surface area contributed by atoms with Crippen LogP contribution in [0, 0.1) is 13.8 Å². The van der Waals surface area contributed by atoms with E-state index in [1.807, 2.05) is 0 Å². The maximum atomic E-state index is 12.3. The number of hydrogen-bond acceptors (Lipinski definition) is 2. The summed E-state index contributed by atoms with van der Waals surface area (Å²) in [6, 6.07) is 0. The summed E-state index contributed by atoms with van der Waals surface area (Å²) in [7, 11) is 0. The molecule has 0 N–H and O–H groups in total. The zero-order valence-corrected chi connectivity index (χ0v) is 7.66. The van der Waals surface area contributed by atoms with Gasteiger partial charge in [0, 0.05) is 0 Å². The SMILES string of the molecule is Cc1nc(C)c(C(F)(F)F)c(Cl)n1. The molecule has 0 fully saturated rings. The lowest BCUT2D eigenvalue weighted by Crippen LogP contribution is -2.11. The molecule has 0 aromatic carbocycles. The average molecular weight is 211 g/mol. The number of hydrogen-bond donors (Lipinski definition) is 0. The van der Waals surface area contributed by atoms with Gasteiger partial charge in [0.05, 0.1) is 5.69 Å². The molecular weight excluding hydrogens is 205 g/mol. The van der Waals surface area contributed by atoms with Gasteiger partial charge in [-0.05, 0) is 13.8 Å². The Bertz CT molecular complexity index is 312. The van der Waals surface area contributed by atoms with E-state index in [2.05, 4.69) is 9.97 Å². The first-order valence-electron chi connectivity index (χ1n) is 3.40. The Morgan fingerprint density at radius 1 is 1.15 bits per heavy atom. The monoisotopic (exact) mass is 210 g/mol. The van der Waals surface area contributed by atoms with E-state index >= 15 is 0 Å². The standard InChI is InChI=1S/C7H6ClF3N2/c1-3-5(7(9,10)11)6(8)13-4(2)12-3/h1-2H3. The highest BCUT2D eigenvalue weighted by Gasteiger charge is 2.36. The van der Waals surface area contributed by atoms with Gasteiger partial charge in [-0.25, -0.2) is 9.97 Å². The van der Waals surface area contributed by atoms with Crippen LogP contribution in [0.15, 0.2) is 0 Å². The largest absolute Gasteiger partial charge is 0.421 e. The molecule has 72 valence electrons. The number of aromatic nitrogens is 2. The molecular formula is C7H6ClF3N2. The molecule has 1 rings (SSSR count). The molecule has 0 aliphatic carbocycles. The molecule has 0 aliphatic rings. The van der Waals surface area contributed by atoms with Crippen molar-refractivity contribution in [1.29, 1.82) is 0 Å². The van der Waals surface area contributed by atoms with Crippen molar-refractivity contribution in [2.45, 2.75) is 20.0 Å². The lowest BCUT2D eigenvalue weighted by Gasteiger charge is -2.10. The summed E-state index contributed by atoms with van der Waals surface area (Å²) in [6.07, 6.45) is -4.49. The highest BCUT2D eigenvalue weighted by Crippen LogP contribution is 2.35. The minimum atomic E-state index is -4.49. The van der Waals surface area contributed by atoms with Crippen molar-refractivity contribution in [3.8, 4) is 0 Å². The molecule has 0 unspecified atom stereocenters. The summed E-state index contributed by atoms with van der Waals surface area (Å²) in [5.41, 5.74) is -1.11. The maximum absolute atomic E-state index is 12.3. The summed E-state index contributed by atoms with van der Waals surface area (Å²) < 4.78 is 36.8. The van der Waals surface area contributed by atoms with Crippen LogP contribution in [0.3, 0.4) is 0 Å². The summed E-state index contributed by atoms with van der Waals surface area (Å²) in [5.74, 6) is 0.232. The first kappa shape index (κ1) is 10.2. The minimum absolute atomic E-state index is 0.148. The third-order valence-electron chi connectivity index (χ3n) is 1.44. The van der Waals surface area contributed by atoms with Crippen molar-refractivity contribution in [1.82, 2.24) is 9.97 Å². The zero-order chi connectivity index (χ0) is 10.2. The van der Waals surface area contributed by atoms with Crippen LogP contribution >= 0.6 is 11.6 Å². The fraction of sp³-hybridized carbons (Fsp3) is 0.429. The smallest absolute Gasteiger partial charge is 0.238 e. The predicted molar refractivity (Wildman–Crippen MR) is 41.5 cm³/mol. The van der Waals surface area contributed by atoms with Gasteiger partial charge in [-0.15, -0.1) is 0 Å². The van der Waals surface area contributed by atoms with Gasteiger partial charge in [-0.1, -0.05) is 11.6 Å². The second-order valence-electron chi connectivity index (χ2n) is 2.52. The second kappa shape index (κ2) is 3.14. The topological polar surface area (TPSA) is 25.8 Å². The summed E-state index contributed by atoms with van der Waals surface area (Å²) >= 11 is 5.35. The highest BCUT2D eigenvalue weighted by atomic mass is 35.5. The van der Waals surface area contributed by atoms with E-state index in [4.69, 9.17) is 11.6 Å². The van der Waals surface area contributed by atoms with Gasteiger partial charge in [0.1, 0.15) is 16.5 Å². The third kappa shape index (κ3) is 2.09. The molecule has 0 saturated heterocycles. The normalized spacial score (nSPS) is 11.8. The van der Waals surface area contributed by atoms with E-state index in [9.17, 15) is 13.2 Å². The third-order valence-corrected chi connectivity index (χ3v) is 1.71. The molecule has 0 aliphatic heterocycles. The number of rotatable bonds is 0. The molecule has 2 nitrogen and oxygen atoms in total. The van der Waals surface area contributed by atoms with Crippen molar-refractivity contribution in [2.24, 2.45) is 0 Å². The molecule has 13 heavy (non-hydrogen) atoms. The second-order valence-corrected chi connectivity index (χ2v) is 2.88. The summed E-state index contributed by atoms with van der Waals surface area (Å²) in [5, 5.41) is -0.544. The highest BCUT2D eigenvalue weighted by molar-refractivity contribution is 6.30. The van der Waals surface area contributed by atoms with E-state index < -0.39 is 16.9 Å². The van der Waals surface area contributed by atoms with Crippen molar-refractivity contribution in [3.05, 3.63) is 22.2 Å². The van der Waals surface area contributed by atoms with E-state index in [0.29, 0.717) is 0 Å². The Kier molecular flexibility index (Phi) is 2.47. The lowest BCUT2D eigenvalue weighted by molar-refractivity contribution is -0.138. The molecule has 0 radical (unpaired) electrons. The maximum Gasteiger partial charge on any atom is 0.421 e. The Labute approximate surface area is 77.8 Å². The van der Waals surface area contributed by atoms with Crippen molar-refractivity contribution in [3.63, 3.8) is 0 Å². The van der Waals surface area contributed by atoms with Gasteiger partial charge in [0.15, 0.2) is 0 Å². The van der Waals surface area contributed by atoms with Gasteiger partial charge in [-0.2, -0.15) is 13.2 Å². The van der Waals surface area contributed by atoms with Gasteiger partial charge in [0.2, 0.25) is 0 Å². The zero-order valence-electron chi connectivity index (χ0n) is 6.91. The summed E-state index contributed by atoms with van der Waals surface area (Å²) in [4.78, 5) is 7.02. The van der Waals surface area contributed by atoms with Gasteiger partial charge >= 0.3 is 6.18 Å². The predicted octanol–water partition coefficient (Wildman–Crippen LogP) is 2.77. The Morgan fingerprint density at radius 3 is 2.08 bits per heavy atom. The molecule has 1 aromatic heterocycles. The molecule has 1 aromatic rings. The molecule has 0 amide bonds. The van der Waals surface area contributed by atoms with Crippen LogP contribution in [0.5, 0.6) is 0 Å². The molecule has 0 spiro atoms. The van der Waals surface area contributed by atoms with Crippen molar-refractivity contribution < 1.29 is 13.2 Å². The molecule has 6 heteroatoms. The fourth-order valence-electron chi connectivity index (χ4n) is 0.993. The van der Waals surface area contributed by atoms with Crippen molar-refractivity contribution in [2.75, 3.05) is 0 Å². The quantitative estimate of drug-likeness (QED) is 0.616. The van der Waals surface area contributed by atoms with Crippen molar-refractivity contribution >= 4 is 11.6 Å². The van der Waals surface area contributed by atoms with Crippen LogP contribution in [0.25, 0.3) is 0 Å². The lowest BCUT2D eigenvalue weighted by atomic mass is 10.2. The fourth-order valence-corrected chi connectivity index (χ4v) is 1.36. The first-order chi connectivity index (χ1) is 5.82. The van der Waals surface area contributed by atoms with Gasteiger partial charge in [0.25, 0.3) is 0 Å². The molecule has 1 heterocycles. The van der Waals surface area contributed by atoms with E-state index in [-0.39, 0.29) is 11.5 Å². The average Bonchev–Trinajstić information content (AvgIpc) is 1.78. The van der Waals surface area contributed by atoms with Crippen LogP contribution in [0.4, 0.5) is 13.2 Å². The Morgan fingerprint density at radius 2 is 1.69 bits per heavy atom. The van der Waals surface area contributed by atoms with Crippen LogP contribution < -0.4 is 0 Å². The number of nitrogens with zero attached hydrogens (tertiary/aromatic N) is 2. The van der Waals surface area contributed by atoms with Crippen LogP contribution in [-0.4, -0.2) is 9.97 Å². The molecule has 0 saturated carbocycles. The van der Waals surface area contributed by atoms with E-state index in [1.54, 1.807) is 0 Å². The van der Waals surface area contributed by atoms with Crippen LogP contribution in [0.1, 0.15) is 17.1 Å². The summed E-state index contributed by atoms with van der Waals surface area (Å²) in [6.45, 7) is 2.74. The van der Waals surface area contributed by atoms with E-state index in [0.717, 1.165) is 0 Å². The van der Waals surface area contributed by atoms with Gasteiger partial charge < -0.3 is 0 Å². The minimum Gasteiger partial charge on any atom is -0.238 e. The van der Waals surface area contributed by atoms with Crippen LogP contribution in [-0.2, 0) is 6.18 Å². The number of alkyl halides is 3. The Balaban J connectivity index is 3.38. The first-order valence-corrected chi connectivity index (χ1v) is 3.78. The molecule has 0 atom stereocenters. The number of aryl methyl sites for hydroxylation is 2. The van der Waals surface area contributed by atoms with E-state index in [1.165, 1.54) is 13.8 Å². The van der Waals surface area contributed by atoms with Gasteiger partial charge in [-0.3, -0.25) is 0 Å². The Hall–Kier alpha value is -0.840. The molecule has 0 bridgehead atoms. The number of halogens is 4.